The van der Waals surface area contributed by atoms with Gasteiger partial charge in [0.25, 0.3) is 0 Å². The molecule has 1 amide bonds. The second-order valence-corrected chi connectivity index (χ2v) is 5.53. The number of hydrogen-bond acceptors (Lipinski definition) is 2. The molecule has 0 spiro atoms. The van der Waals surface area contributed by atoms with Gasteiger partial charge in [0.15, 0.2) is 0 Å². The summed E-state index contributed by atoms with van der Waals surface area (Å²) in [6.07, 6.45) is 1.87. The summed E-state index contributed by atoms with van der Waals surface area (Å²) in [5, 5.41) is 2.99. The summed E-state index contributed by atoms with van der Waals surface area (Å²) in [4.78, 5) is 11.7. The lowest BCUT2D eigenvalue weighted by atomic mass is 10.1. The predicted octanol–water partition coefficient (Wildman–Crippen LogP) is 2.40. The topological polar surface area (TPSA) is 55.1 Å². The number of amides is 1. The summed E-state index contributed by atoms with van der Waals surface area (Å²) in [5.41, 5.74) is 7.80. The van der Waals surface area contributed by atoms with Crippen LogP contribution in [0.25, 0.3) is 0 Å². The SMILES string of the molecule is CC1(C)CC1C(=O)NCCc1ccc(N)cc1.Cl. The highest BCUT2D eigenvalue weighted by molar-refractivity contribution is 5.85. The van der Waals surface area contributed by atoms with Crippen molar-refractivity contribution in [3.05, 3.63) is 29.8 Å². The molecular weight excluding hydrogens is 248 g/mol. The van der Waals surface area contributed by atoms with Crippen molar-refractivity contribution in [2.45, 2.75) is 26.7 Å². The molecule has 3 N–H and O–H groups in total. The smallest absolute Gasteiger partial charge is 0.223 e. The van der Waals surface area contributed by atoms with Crippen molar-refractivity contribution in [1.82, 2.24) is 5.32 Å². The summed E-state index contributed by atoms with van der Waals surface area (Å²) >= 11 is 0. The predicted molar refractivity (Wildman–Crippen MR) is 76.7 cm³/mol. The number of nitrogens with two attached hydrogens (primary N) is 1. The molecule has 0 heterocycles. The van der Waals surface area contributed by atoms with E-state index in [1.165, 1.54) is 5.56 Å². The molecule has 1 aliphatic rings. The van der Waals surface area contributed by atoms with Gasteiger partial charge in [0.05, 0.1) is 0 Å². The minimum Gasteiger partial charge on any atom is -0.399 e. The number of halogens is 1. The van der Waals surface area contributed by atoms with Crippen LogP contribution in [0.4, 0.5) is 5.69 Å². The Morgan fingerprint density at radius 3 is 2.44 bits per heavy atom. The Labute approximate surface area is 115 Å². The van der Waals surface area contributed by atoms with Crippen molar-refractivity contribution in [2.75, 3.05) is 12.3 Å². The number of rotatable bonds is 4. The van der Waals surface area contributed by atoms with Crippen LogP contribution in [-0.4, -0.2) is 12.5 Å². The zero-order valence-corrected chi connectivity index (χ0v) is 11.7. The molecule has 4 heteroatoms. The van der Waals surface area contributed by atoms with Gasteiger partial charge in [-0.2, -0.15) is 0 Å². The molecule has 1 aromatic rings. The highest BCUT2D eigenvalue weighted by Gasteiger charge is 2.50. The molecule has 0 radical (unpaired) electrons. The number of nitrogen functional groups attached to an aromatic ring is 1. The van der Waals surface area contributed by atoms with Gasteiger partial charge in [-0.15, -0.1) is 12.4 Å². The van der Waals surface area contributed by atoms with Gasteiger partial charge >= 0.3 is 0 Å². The van der Waals surface area contributed by atoms with Crippen molar-refractivity contribution < 1.29 is 4.79 Å². The van der Waals surface area contributed by atoms with Crippen molar-refractivity contribution in [1.29, 1.82) is 0 Å². The van der Waals surface area contributed by atoms with E-state index in [0.717, 1.165) is 18.5 Å². The van der Waals surface area contributed by atoms with Crippen LogP contribution < -0.4 is 11.1 Å². The monoisotopic (exact) mass is 268 g/mol. The average molecular weight is 269 g/mol. The third-order valence-corrected chi connectivity index (χ3v) is 3.52. The van der Waals surface area contributed by atoms with Crippen LogP contribution in [0.15, 0.2) is 24.3 Å². The maximum Gasteiger partial charge on any atom is 0.223 e. The molecule has 1 fully saturated rings. The number of benzene rings is 1. The van der Waals surface area contributed by atoms with Gasteiger partial charge in [0, 0.05) is 18.2 Å². The molecule has 1 aliphatic carbocycles. The number of carbonyl (C=O) groups is 1. The minimum atomic E-state index is 0. The van der Waals surface area contributed by atoms with Crippen LogP contribution in [0.2, 0.25) is 0 Å². The Morgan fingerprint density at radius 2 is 1.94 bits per heavy atom. The van der Waals surface area contributed by atoms with Gasteiger partial charge in [-0.1, -0.05) is 26.0 Å². The van der Waals surface area contributed by atoms with E-state index in [1.807, 2.05) is 24.3 Å². The van der Waals surface area contributed by atoms with Crippen LogP contribution in [0.1, 0.15) is 25.8 Å². The standard InChI is InChI=1S/C14H20N2O.ClH/c1-14(2)9-12(14)13(17)16-8-7-10-3-5-11(15)6-4-10;/h3-6,12H,7-9,15H2,1-2H3,(H,16,17);1H. The zero-order valence-electron chi connectivity index (χ0n) is 10.9. The maximum absolute atomic E-state index is 11.7. The van der Waals surface area contributed by atoms with Crippen LogP contribution in [0.3, 0.4) is 0 Å². The fourth-order valence-electron chi connectivity index (χ4n) is 2.05. The Morgan fingerprint density at radius 1 is 1.39 bits per heavy atom. The van der Waals surface area contributed by atoms with Crippen LogP contribution in [0, 0.1) is 11.3 Å². The fourth-order valence-corrected chi connectivity index (χ4v) is 2.05. The fraction of sp³-hybridized carbons (Fsp3) is 0.500. The van der Waals surface area contributed by atoms with Crippen molar-refractivity contribution in [3.8, 4) is 0 Å². The molecule has 1 saturated carbocycles. The Kier molecular flexibility index (Phi) is 4.63. The maximum atomic E-state index is 11.7. The normalized spacial score (nSPS) is 19.8. The summed E-state index contributed by atoms with van der Waals surface area (Å²) in [6, 6.07) is 7.79. The quantitative estimate of drug-likeness (QED) is 0.824. The van der Waals surface area contributed by atoms with Crippen LogP contribution in [-0.2, 0) is 11.2 Å². The zero-order chi connectivity index (χ0) is 12.5. The first-order valence-corrected chi connectivity index (χ1v) is 6.11. The van der Waals surface area contributed by atoms with Crippen molar-refractivity contribution in [2.24, 2.45) is 11.3 Å². The molecule has 1 unspecified atom stereocenters. The Bertz CT molecular complexity index is 414. The molecule has 18 heavy (non-hydrogen) atoms. The van der Waals surface area contributed by atoms with Crippen molar-refractivity contribution in [3.63, 3.8) is 0 Å². The molecular formula is C14H21ClN2O. The van der Waals surface area contributed by atoms with E-state index >= 15 is 0 Å². The number of carbonyl (C=O) groups excluding carboxylic acids is 1. The lowest BCUT2D eigenvalue weighted by Crippen LogP contribution is -2.28. The third kappa shape index (κ3) is 3.64. The lowest BCUT2D eigenvalue weighted by molar-refractivity contribution is -0.122. The molecule has 1 atom stereocenters. The van der Waals surface area contributed by atoms with E-state index in [-0.39, 0.29) is 29.6 Å². The molecule has 0 aliphatic heterocycles. The number of nitrogens with one attached hydrogen (secondary N) is 1. The van der Waals surface area contributed by atoms with E-state index in [9.17, 15) is 4.79 Å². The van der Waals surface area contributed by atoms with Crippen LogP contribution in [0.5, 0.6) is 0 Å². The van der Waals surface area contributed by atoms with E-state index in [2.05, 4.69) is 19.2 Å². The highest BCUT2D eigenvalue weighted by atomic mass is 35.5. The second kappa shape index (κ2) is 5.61. The van der Waals surface area contributed by atoms with Gasteiger partial charge in [0.2, 0.25) is 5.91 Å². The Balaban J connectivity index is 0.00000162. The lowest BCUT2D eigenvalue weighted by Gasteiger charge is -2.06. The first kappa shape index (κ1) is 14.8. The number of hydrogen-bond donors (Lipinski definition) is 2. The van der Waals surface area contributed by atoms with E-state index in [0.29, 0.717) is 6.54 Å². The van der Waals surface area contributed by atoms with Gasteiger partial charge in [-0.25, -0.2) is 0 Å². The molecule has 0 aromatic heterocycles. The average Bonchev–Trinajstić information content (AvgIpc) is 2.91. The number of anilines is 1. The largest absolute Gasteiger partial charge is 0.399 e. The molecule has 3 nitrogen and oxygen atoms in total. The minimum absolute atomic E-state index is 0. The Hall–Kier alpha value is -1.22. The molecule has 1 aromatic carbocycles. The third-order valence-electron chi connectivity index (χ3n) is 3.52. The van der Waals surface area contributed by atoms with Gasteiger partial charge < -0.3 is 11.1 Å². The molecule has 0 bridgehead atoms. The van der Waals surface area contributed by atoms with E-state index in [1.54, 1.807) is 0 Å². The second-order valence-electron chi connectivity index (χ2n) is 5.53. The molecule has 100 valence electrons. The van der Waals surface area contributed by atoms with Crippen molar-refractivity contribution >= 4 is 24.0 Å². The summed E-state index contributed by atoms with van der Waals surface area (Å²) < 4.78 is 0. The van der Waals surface area contributed by atoms with E-state index < -0.39 is 0 Å². The first-order valence-electron chi connectivity index (χ1n) is 6.11. The summed E-state index contributed by atoms with van der Waals surface area (Å²) in [7, 11) is 0. The summed E-state index contributed by atoms with van der Waals surface area (Å²) in [5.74, 6) is 0.416. The summed E-state index contributed by atoms with van der Waals surface area (Å²) in [6.45, 7) is 4.98. The molecule has 0 saturated heterocycles. The van der Waals surface area contributed by atoms with Gasteiger partial charge in [-0.05, 0) is 36.0 Å². The first-order chi connectivity index (χ1) is 7.99. The van der Waals surface area contributed by atoms with Gasteiger partial charge in [-0.3, -0.25) is 4.79 Å². The highest BCUT2D eigenvalue weighted by Crippen LogP contribution is 2.51. The van der Waals surface area contributed by atoms with Crippen LogP contribution >= 0.6 is 12.4 Å². The van der Waals surface area contributed by atoms with E-state index in [4.69, 9.17) is 5.73 Å². The molecule has 2 rings (SSSR count). The van der Waals surface area contributed by atoms with Gasteiger partial charge in [0.1, 0.15) is 0 Å².